The van der Waals surface area contributed by atoms with Crippen molar-refractivity contribution in [1.82, 2.24) is 15.0 Å². The van der Waals surface area contributed by atoms with Crippen LogP contribution < -0.4 is 9.47 Å². The molecular formula is C30H32FN3O4. The quantitative estimate of drug-likeness (QED) is 0.331. The summed E-state index contributed by atoms with van der Waals surface area (Å²) in [7, 11) is 1.49. The highest BCUT2D eigenvalue weighted by molar-refractivity contribution is 5.80. The number of aromatic nitrogens is 3. The van der Waals surface area contributed by atoms with E-state index in [1.165, 1.54) is 7.11 Å². The number of aliphatic carboxylic acids is 1. The van der Waals surface area contributed by atoms with Crippen molar-refractivity contribution in [3.8, 4) is 22.9 Å². The Morgan fingerprint density at radius 1 is 1.18 bits per heavy atom. The summed E-state index contributed by atoms with van der Waals surface area (Å²) in [6.07, 6.45) is 9.01. The van der Waals surface area contributed by atoms with E-state index in [1.807, 2.05) is 24.3 Å². The minimum absolute atomic E-state index is 0.00878. The number of carboxylic acid groups (broad SMARTS) is 1. The van der Waals surface area contributed by atoms with Gasteiger partial charge in [-0.3, -0.25) is 9.78 Å². The Balaban J connectivity index is 1.44. The molecule has 8 heteroatoms. The SMILES string of the molecule is COc1cc(-c2ncc(COc3cccc([C@@H](CC(=O)O)C4CC4)c3)nc2C2=CCCC2(C)C)c(F)cn1. The average molecular weight is 518 g/mol. The van der Waals surface area contributed by atoms with Gasteiger partial charge in [-0.15, -0.1) is 0 Å². The smallest absolute Gasteiger partial charge is 0.303 e. The van der Waals surface area contributed by atoms with E-state index in [2.05, 4.69) is 29.9 Å². The summed E-state index contributed by atoms with van der Waals surface area (Å²) in [5, 5.41) is 9.36. The van der Waals surface area contributed by atoms with Gasteiger partial charge in [0.05, 0.1) is 43.0 Å². The molecule has 1 fully saturated rings. The van der Waals surface area contributed by atoms with Crippen LogP contribution in [0.2, 0.25) is 0 Å². The molecule has 198 valence electrons. The fourth-order valence-corrected chi connectivity index (χ4v) is 5.23. The van der Waals surface area contributed by atoms with Gasteiger partial charge >= 0.3 is 5.97 Å². The molecule has 0 amide bonds. The molecule has 2 heterocycles. The predicted octanol–water partition coefficient (Wildman–Crippen LogP) is 6.44. The number of methoxy groups -OCH3 is 1. The monoisotopic (exact) mass is 517 g/mol. The number of ether oxygens (including phenoxy) is 2. The molecule has 0 bridgehead atoms. The van der Waals surface area contributed by atoms with Crippen LogP contribution >= 0.6 is 0 Å². The molecule has 0 radical (unpaired) electrons. The first kappa shape index (κ1) is 25.8. The van der Waals surface area contributed by atoms with E-state index in [0.29, 0.717) is 34.6 Å². The minimum atomic E-state index is -0.788. The van der Waals surface area contributed by atoms with E-state index >= 15 is 0 Å². The minimum Gasteiger partial charge on any atom is -0.487 e. The van der Waals surface area contributed by atoms with Crippen molar-refractivity contribution in [2.45, 2.75) is 58.5 Å². The van der Waals surface area contributed by atoms with Crippen LogP contribution in [0.15, 0.2) is 48.8 Å². The summed E-state index contributed by atoms with van der Waals surface area (Å²) in [5.41, 5.74) is 3.85. The van der Waals surface area contributed by atoms with Gasteiger partial charge in [0.1, 0.15) is 12.4 Å². The Labute approximate surface area is 221 Å². The Kier molecular flexibility index (Phi) is 7.15. The van der Waals surface area contributed by atoms with Gasteiger partial charge in [0, 0.05) is 11.6 Å². The van der Waals surface area contributed by atoms with Gasteiger partial charge in [0.25, 0.3) is 0 Å². The normalized spacial score (nSPS) is 17.1. The molecule has 7 nitrogen and oxygen atoms in total. The van der Waals surface area contributed by atoms with Crippen LogP contribution in [0.4, 0.5) is 4.39 Å². The Hall–Kier alpha value is -3.81. The summed E-state index contributed by atoms with van der Waals surface area (Å²) in [4.78, 5) is 24.9. The van der Waals surface area contributed by atoms with E-state index in [0.717, 1.165) is 43.0 Å². The highest BCUT2D eigenvalue weighted by atomic mass is 19.1. The van der Waals surface area contributed by atoms with Gasteiger partial charge in [-0.2, -0.15) is 0 Å². The zero-order valence-corrected chi connectivity index (χ0v) is 21.9. The number of allylic oxidation sites excluding steroid dienone is 2. The second-order valence-electron chi connectivity index (χ2n) is 10.7. The first-order chi connectivity index (χ1) is 18.2. The lowest BCUT2D eigenvalue weighted by Crippen LogP contribution is -2.13. The first-order valence-electron chi connectivity index (χ1n) is 13.0. The van der Waals surface area contributed by atoms with E-state index in [1.54, 1.807) is 12.3 Å². The largest absolute Gasteiger partial charge is 0.487 e. The summed E-state index contributed by atoms with van der Waals surface area (Å²) in [6, 6.07) is 9.19. The van der Waals surface area contributed by atoms with E-state index in [-0.39, 0.29) is 29.9 Å². The molecule has 1 N–H and O–H groups in total. The number of carbonyl (C=O) groups is 1. The molecule has 0 spiro atoms. The average Bonchev–Trinajstić information content (AvgIpc) is 3.68. The molecular weight excluding hydrogens is 485 g/mol. The molecule has 1 saturated carbocycles. The van der Waals surface area contributed by atoms with Crippen LogP contribution in [0, 0.1) is 17.2 Å². The number of halogens is 1. The van der Waals surface area contributed by atoms with Crippen LogP contribution in [0.5, 0.6) is 11.6 Å². The van der Waals surface area contributed by atoms with Gasteiger partial charge in [0.2, 0.25) is 5.88 Å². The fourth-order valence-electron chi connectivity index (χ4n) is 5.23. The standard InChI is InChI=1S/C30H32FN3O4/c1-30(2)11-5-8-24(30)29-28(23-13-26(37-3)32-16-25(23)31)33-15-20(34-29)17-38-21-7-4-6-19(12-21)22(14-27(35)36)18-9-10-18/h4,6-8,12-13,15-16,18,22H,5,9-11,14,17H2,1-3H3,(H,35,36)/t22-/m0/s1. The maximum atomic E-state index is 14.9. The highest BCUT2D eigenvalue weighted by Crippen LogP contribution is 2.46. The van der Waals surface area contributed by atoms with Crippen molar-refractivity contribution < 1.29 is 23.8 Å². The van der Waals surface area contributed by atoms with Crippen molar-refractivity contribution in [3.63, 3.8) is 0 Å². The third-order valence-electron chi connectivity index (χ3n) is 7.48. The molecule has 2 aromatic heterocycles. The van der Waals surface area contributed by atoms with Gasteiger partial charge in [-0.25, -0.2) is 14.4 Å². The molecule has 5 rings (SSSR count). The van der Waals surface area contributed by atoms with E-state index in [4.69, 9.17) is 14.5 Å². The summed E-state index contributed by atoms with van der Waals surface area (Å²) < 4.78 is 26.2. The van der Waals surface area contributed by atoms with Gasteiger partial charge in [0.15, 0.2) is 5.82 Å². The Morgan fingerprint density at radius 3 is 2.68 bits per heavy atom. The number of benzene rings is 1. The van der Waals surface area contributed by atoms with Crippen LogP contribution in [0.3, 0.4) is 0 Å². The van der Waals surface area contributed by atoms with E-state index < -0.39 is 11.8 Å². The Morgan fingerprint density at radius 2 is 2.00 bits per heavy atom. The van der Waals surface area contributed by atoms with Crippen molar-refractivity contribution in [2.75, 3.05) is 7.11 Å². The van der Waals surface area contributed by atoms with Crippen LogP contribution in [-0.2, 0) is 11.4 Å². The molecule has 0 unspecified atom stereocenters. The van der Waals surface area contributed by atoms with Gasteiger partial charge in [-0.05, 0) is 66.2 Å². The van der Waals surface area contributed by atoms with Crippen molar-refractivity contribution >= 4 is 11.5 Å². The van der Waals surface area contributed by atoms with Crippen molar-refractivity contribution in [2.24, 2.45) is 11.3 Å². The van der Waals surface area contributed by atoms with Crippen LogP contribution in [0.1, 0.15) is 68.8 Å². The number of hydrogen-bond donors (Lipinski definition) is 1. The molecule has 3 aromatic rings. The molecule has 38 heavy (non-hydrogen) atoms. The zero-order valence-electron chi connectivity index (χ0n) is 21.9. The summed E-state index contributed by atoms with van der Waals surface area (Å²) in [6.45, 7) is 4.48. The molecule has 1 aromatic carbocycles. The highest BCUT2D eigenvalue weighted by Gasteiger charge is 2.34. The number of carboxylic acids is 1. The van der Waals surface area contributed by atoms with Gasteiger partial charge < -0.3 is 14.6 Å². The Bertz CT molecular complexity index is 1380. The molecule has 0 saturated heterocycles. The molecule has 2 aliphatic rings. The number of rotatable bonds is 10. The molecule has 2 aliphatic carbocycles. The third-order valence-corrected chi connectivity index (χ3v) is 7.48. The number of hydrogen-bond acceptors (Lipinski definition) is 6. The fraction of sp³-hybridized carbons (Fsp3) is 0.400. The van der Waals surface area contributed by atoms with Crippen molar-refractivity contribution in [3.05, 3.63) is 71.6 Å². The third kappa shape index (κ3) is 5.54. The maximum Gasteiger partial charge on any atom is 0.303 e. The second-order valence-corrected chi connectivity index (χ2v) is 10.7. The van der Waals surface area contributed by atoms with Crippen molar-refractivity contribution in [1.29, 1.82) is 0 Å². The first-order valence-corrected chi connectivity index (χ1v) is 13.0. The van der Waals surface area contributed by atoms with Gasteiger partial charge in [-0.1, -0.05) is 32.1 Å². The van der Waals surface area contributed by atoms with Crippen LogP contribution in [-0.4, -0.2) is 33.1 Å². The lowest BCUT2D eigenvalue weighted by molar-refractivity contribution is -0.137. The lowest BCUT2D eigenvalue weighted by Gasteiger charge is -2.24. The maximum absolute atomic E-state index is 14.9. The van der Waals surface area contributed by atoms with Crippen LogP contribution in [0.25, 0.3) is 16.8 Å². The predicted molar refractivity (Wildman–Crippen MR) is 141 cm³/mol. The summed E-state index contributed by atoms with van der Waals surface area (Å²) in [5.74, 6) is 0.0709. The molecule has 1 atom stereocenters. The second kappa shape index (κ2) is 10.5. The topological polar surface area (TPSA) is 94.4 Å². The zero-order chi connectivity index (χ0) is 26.9. The number of nitrogens with zero attached hydrogens (tertiary/aromatic N) is 3. The number of pyridine rings is 1. The lowest BCUT2D eigenvalue weighted by atomic mass is 9.83. The van der Waals surface area contributed by atoms with E-state index in [9.17, 15) is 14.3 Å². The molecule has 0 aliphatic heterocycles. The summed E-state index contributed by atoms with van der Waals surface area (Å²) >= 11 is 0.